The van der Waals surface area contributed by atoms with E-state index in [0.29, 0.717) is 12.5 Å². The first-order chi connectivity index (χ1) is 15.7. The highest BCUT2D eigenvalue weighted by atomic mass is 16.5. The fourth-order valence-electron chi connectivity index (χ4n) is 4.98. The number of nitrogens with zero attached hydrogens (tertiary/aromatic N) is 2. The van der Waals surface area contributed by atoms with Crippen LogP contribution in [0.2, 0.25) is 0 Å². The molecule has 6 nitrogen and oxygen atoms in total. The van der Waals surface area contributed by atoms with Gasteiger partial charge in [-0.1, -0.05) is 32.6 Å². The number of nitrogens with one attached hydrogen (secondary N) is 1. The van der Waals surface area contributed by atoms with Crippen molar-refractivity contribution in [3.8, 4) is 5.75 Å². The molecule has 1 saturated heterocycles. The summed E-state index contributed by atoms with van der Waals surface area (Å²) in [7, 11) is 1.65. The summed E-state index contributed by atoms with van der Waals surface area (Å²) in [6.45, 7) is 5.19. The summed E-state index contributed by atoms with van der Waals surface area (Å²) in [5.41, 5.74) is 1.77. The number of methoxy groups -OCH3 is 1. The zero-order valence-corrected chi connectivity index (χ0v) is 19.8. The van der Waals surface area contributed by atoms with Gasteiger partial charge in [0.2, 0.25) is 0 Å². The summed E-state index contributed by atoms with van der Waals surface area (Å²) in [6, 6.07) is 8.42. The Hall–Kier alpha value is -1.73. The molecule has 6 heteroatoms. The Morgan fingerprint density at radius 1 is 1.19 bits per heavy atom. The molecular formula is C26H41N3O3. The Balaban J connectivity index is 1.61. The van der Waals surface area contributed by atoms with Gasteiger partial charge >= 0.3 is 0 Å². The zero-order chi connectivity index (χ0) is 22.8. The normalized spacial score (nSPS) is 20.0. The van der Waals surface area contributed by atoms with Crippen molar-refractivity contribution < 1.29 is 14.9 Å². The van der Waals surface area contributed by atoms with Gasteiger partial charge < -0.3 is 20.3 Å². The number of aromatic nitrogens is 1. The average Bonchev–Trinajstić information content (AvgIpc) is 2.82. The third-order valence-electron chi connectivity index (χ3n) is 6.77. The SMILES string of the molecule is CCCCCCCN(CCO)C1CCN[C@@H](CC(O)c2ccnc3ccc(OC)cc23)C1. The van der Waals surface area contributed by atoms with Crippen LogP contribution in [0.4, 0.5) is 0 Å². The highest BCUT2D eigenvalue weighted by Crippen LogP contribution is 2.30. The van der Waals surface area contributed by atoms with Crippen LogP contribution in [0.3, 0.4) is 0 Å². The van der Waals surface area contributed by atoms with Crippen molar-refractivity contribution in [2.45, 2.75) is 76.5 Å². The van der Waals surface area contributed by atoms with Crippen molar-refractivity contribution in [1.82, 2.24) is 15.2 Å². The Bertz CT molecular complexity index is 816. The molecule has 3 atom stereocenters. The molecule has 3 rings (SSSR count). The highest BCUT2D eigenvalue weighted by molar-refractivity contribution is 5.83. The molecule has 0 amide bonds. The molecule has 2 aromatic rings. The lowest BCUT2D eigenvalue weighted by molar-refractivity contribution is 0.0931. The van der Waals surface area contributed by atoms with E-state index in [9.17, 15) is 10.2 Å². The van der Waals surface area contributed by atoms with Gasteiger partial charge in [0.05, 0.1) is 25.3 Å². The lowest BCUT2D eigenvalue weighted by Gasteiger charge is -2.38. The zero-order valence-electron chi connectivity index (χ0n) is 19.8. The molecule has 0 spiro atoms. The molecule has 1 aromatic carbocycles. The van der Waals surface area contributed by atoms with Crippen LogP contribution in [0, 0.1) is 0 Å². The maximum Gasteiger partial charge on any atom is 0.119 e. The molecule has 178 valence electrons. The van der Waals surface area contributed by atoms with E-state index in [1.165, 1.54) is 32.1 Å². The third kappa shape index (κ3) is 6.88. The molecule has 0 saturated carbocycles. The Kier molecular flexibility index (Phi) is 10.2. The molecule has 1 aliphatic rings. The summed E-state index contributed by atoms with van der Waals surface area (Å²) >= 11 is 0. The summed E-state index contributed by atoms with van der Waals surface area (Å²) < 4.78 is 5.38. The quantitative estimate of drug-likeness (QED) is 0.406. The number of hydrogen-bond donors (Lipinski definition) is 3. The number of unbranched alkanes of at least 4 members (excludes halogenated alkanes) is 4. The minimum Gasteiger partial charge on any atom is -0.497 e. The second-order valence-electron chi connectivity index (χ2n) is 9.04. The van der Waals surface area contributed by atoms with Gasteiger partial charge in [0.15, 0.2) is 0 Å². The predicted octanol–water partition coefficient (Wildman–Crippen LogP) is 4.05. The Labute approximate surface area is 193 Å². The van der Waals surface area contributed by atoms with E-state index < -0.39 is 6.10 Å². The molecule has 0 bridgehead atoms. The molecule has 2 heterocycles. The number of hydrogen-bond acceptors (Lipinski definition) is 6. The molecule has 1 aromatic heterocycles. The van der Waals surface area contributed by atoms with E-state index in [1.807, 2.05) is 24.3 Å². The predicted molar refractivity (Wildman–Crippen MR) is 130 cm³/mol. The molecular weight excluding hydrogens is 402 g/mol. The fraction of sp³-hybridized carbons (Fsp3) is 0.654. The van der Waals surface area contributed by atoms with Gasteiger partial charge in [0.1, 0.15) is 5.75 Å². The highest BCUT2D eigenvalue weighted by Gasteiger charge is 2.28. The van der Waals surface area contributed by atoms with Gasteiger partial charge in [-0.2, -0.15) is 0 Å². The van der Waals surface area contributed by atoms with Crippen LogP contribution in [-0.4, -0.2) is 65.5 Å². The third-order valence-corrected chi connectivity index (χ3v) is 6.77. The topological polar surface area (TPSA) is 77.9 Å². The Morgan fingerprint density at radius 3 is 2.81 bits per heavy atom. The summed E-state index contributed by atoms with van der Waals surface area (Å²) in [5, 5.41) is 25.3. The number of fused-ring (bicyclic) bond motifs is 1. The minimum absolute atomic E-state index is 0.205. The smallest absolute Gasteiger partial charge is 0.119 e. The monoisotopic (exact) mass is 443 g/mol. The van der Waals surface area contributed by atoms with Crippen molar-refractivity contribution in [3.63, 3.8) is 0 Å². The number of aliphatic hydroxyl groups excluding tert-OH is 2. The van der Waals surface area contributed by atoms with Gasteiger partial charge in [0.25, 0.3) is 0 Å². The van der Waals surface area contributed by atoms with Crippen LogP contribution >= 0.6 is 0 Å². The average molecular weight is 444 g/mol. The summed E-state index contributed by atoms with van der Waals surface area (Å²) in [5.74, 6) is 0.772. The van der Waals surface area contributed by atoms with E-state index in [2.05, 4.69) is 22.1 Å². The molecule has 32 heavy (non-hydrogen) atoms. The lowest BCUT2D eigenvalue weighted by atomic mass is 9.91. The number of ether oxygens (including phenoxy) is 1. The molecule has 0 radical (unpaired) electrons. The number of benzene rings is 1. The van der Waals surface area contributed by atoms with Crippen molar-refractivity contribution in [3.05, 3.63) is 36.0 Å². The molecule has 3 N–H and O–H groups in total. The van der Waals surface area contributed by atoms with Crippen LogP contribution in [0.5, 0.6) is 5.75 Å². The van der Waals surface area contributed by atoms with Gasteiger partial charge in [0, 0.05) is 30.2 Å². The first-order valence-electron chi connectivity index (χ1n) is 12.3. The largest absolute Gasteiger partial charge is 0.497 e. The maximum atomic E-state index is 11.1. The van der Waals surface area contributed by atoms with E-state index in [0.717, 1.165) is 54.7 Å². The number of pyridine rings is 1. The molecule has 0 aliphatic carbocycles. The lowest BCUT2D eigenvalue weighted by Crippen LogP contribution is -2.49. The molecule has 1 fully saturated rings. The summed E-state index contributed by atoms with van der Waals surface area (Å²) in [6.07, 6.45) is 10.3. The van der Waals surface area contributed by atoms with E-state index >= 15 is 0 Å². The van der Waals surface area contributed by atoms with Crippen LogP contribution in [0.25, 0.3) is 10.9 Å². The number of aliphatic hydroxyl groups is 2. The van der Waals surface area contributed by atoms with E-state index in [4.69, 9.17) is 4.74 Å². The van der Waals surface area contributed by atoms with Crippen LogP contribution in [0.15, 0.2) is 30.5 Å². The van der Waals surface area contributed by atoms with Gasteiger partial charge in [-0.15, -0.1) is 0 Å². The Morgan fingerprint density at radius 2 is 2.03 bits per heavy atom. The van der Waals surface area contributed by atoms with Crippen molar-refractivity contribution in [2.24, 2.45) is 0 Å². The first-order valence-corrected chi connectivity index (χ1v) is 12.3. The van der Waals surface area contributed by atoms with Crippen molar-refractivity contribution in [2.75, 3.05) is 33.4 Å². The van der Waals surface area contributed by atoms with Crippen LogP contribution < -0.4 is 10.1 Å². The summed E-state index contributed by atoms with van der Waals surface area (Å²) in [4.78, 5) is 6.91. The minimum atomic E-state index is -0.566. The van der Waals surface area contributed by atoms with Crippen LogP contribution in [0.1, 0.15) is 70.0 Å². The van der Waals surface area contributed by atoms with Crippen LogP contribution in [-0.2, 0) is 0 Å². The second kappa shape index (κ2) is 13.1. The van der Waals surface area contributed by atoms with Crippen molar-refractivity contribution >= 4 is 10.9 Å². The number of piperidine rings is 1. The van der Waals surface area contributed by atoms with Gasteiger partial charge in [-0.3, -0.25) is 9.88 Å². The van der Waals surface area contributed by atoms with E-state index in [1.54, 1.807) is 13.3 Å². The van der Waals surface area contributed by atoms with E-state index in [-0.39, 0.29) is 12.6 Å². The first kappa shape index (κ1) is 24.9. The molecule has 1 aliphatic heterocycles. The van der Waals surface area contributed by atoms with Gasteiger partial charge in [-0.25, -0.2) is 0 Å². The van der Waals surface area contributed by atoms with Crippen molar-refractivity contribution in [1.29, 1.82) is 0 Å². The fourth-order valence-corrected chi connectivity index (χ4v) is 4.98. The standard InChI is InChI=1S/C26H41N3O3/c1-3-4-5-6-7-14-29(15-16-30)21-10-12-27-20(17-21)18-26(31)23-11-13-28-25-9-8-22(32-2)19-24(23)25/h8-9,11,13,19-21,26-27,30-31H,3-7,10,12,14-18H2,1-2H3/t20-,21?,26?/m1/s1. The molecule has 2 unspecified atom stereocenters. The second-order valence-corrected chi connectivity index (χ2v) is 9.04. The van der Waals surface area contributed by atoms with Gasteiger partial charge in [-0.05, 0) is 68.6 Å². The maximum absolute atomic E-state index is 11.1. The number of rotatable bonds is 13.